The maximum absolute atomic E-state index is 14.0. The molecule has 4 aliphatic carbocycles. The zero-order chi connectivity index (χ0) is 50.0. The highest BCUT2D eigenvalue weighted by atomic mass is 32.2. The molecule has 5 aromatic rings. The molecule has 0 spiro atoms. The second-order valence-electron chi connectivity index (χ2n) is 20.0. The Labute approximate surface area is 407 Å². The fraction of sp³-hybridized carbons (Fsp3) is 0.444. The number of halogens is 4. The van der Waals surface area contributed by atoms with Crippen LogP contribution in [-0.2, 0) is 50.8 Å². The summed E-state index contributed by atoms with van der Waals surface area (Å²) < 4.78 is 148. The summed E-state index contributed by atoms with van der Waals surface area (Å²) in [5.41, 5.74) is 8.84. The molecule has 0 amide bonds. The lowest BCUT2D eigenvalue weighted by atomic mass is 9.83. The van der Waals surface area contributed by atoms with E-state index in [1.54, 1.807) is 0 Å². The van der Waals surface area contributed by atoms with Crippen LogP contribution in [0.15, 0.2) is 133 Å². The van der Waals surface area contributed by atoms with E-state index in [9.17, 15) is 43.5 Å². The molecule has 2 aliphatic heterocycles. The number of fused-ring (bicyclic) bond motifs is 10. The second-order valence-corrected chi connectivity index (χ2v) is 23.0. The topological polar surface area (TPSA) is 151 Å². The van der Waals surface area contributed by atoms with Crippen molar-refractivity contribution in [1.82, 2.24) is 0 Å². The Bertz CT molecular complexity index is 2600. The summed E-state index contributed by atoms with van der Waals surface area (Å²) in [6, 6.07) is 42.4. The third kappa shape index (κ3) is 9.27. The predicted octanol–water partition coefficient (Wildman–Crippen LogP) is 10.6. The van der Waals surface area contributed by atoms with Gasteiger partial charge in [0.2, 0.25) is 11.6 Å². The summed E-state index contributed by atoms with van der Waals surface area (Å²) in [6.07, 6.45) is -1.23. The molecule has 5 aromatic carbocycles. The van der Waals surface area contributed by atoms with E-state index in [2.05, 4.69) is 39.8 Å². The molecule has 0 aromatic heterocycles. The van der Waals surface area contributed by atoms with Gasteiger partial charge >= 0.3 is 10.5 Å². The van der Waals surface area contributed by atoms with Crippen molar-refractivity contribution in [3.63, 3.8) is 0 Å². The van der Waals surface area contributed by atoms with Gasteiger partial charge < -0.3 is 28.1 Å². The molecule has 10 nitrogen and oxygen atoms in total. The summed E-state index contributed by atoms with van der Waals surface area (Å²) in [7, 11) is -11.4. The molecule has 374 valence electrons. The molecule has 2 heterocycles. The predicted molar refractivity (Wildman–Crippen MR) is 250 cm³/mol. The summed E-state index contributed by atoms with van der Waals surface area (Å²) >= 11 is 0. The standard InChI is InChI=1S/2C22H22F2O5S.C10H14/c2*23-21(24,30(25,26)27)13-15-11-14-12-18(15)20-19(14)28-22(29-20,16-7-3-1-4-8-16)17-9-5-2-6-10-17;1-7-5-8(2)10(4)9(3)6-7/h2*1-10,14-15,18-20H,11-13H2,(H,25,26,27);5-6H,1-4H3/p-2. The van der Waals surface area contributed by atoms with Crippen LogP contribution in [0.3, 0.4) is 0 Å². The summed E-state index contributed by atoms with van der Waals surface area (Å²) in [4.78, 5) is 0. The van der Waals surface area contributed by atoms with Crippen LogP contribution in [-0.4, -0.2) is 60.9 Å². The van der Waals surface area contributed by atoms with E-state index in [-0.39, 0.29) is 35.9 Å². The largest absolute Gasteiger partial charge is 0.743 e. The molecule has 0 N–H and O–H groups in total. The average Bonchev–Trinajstić information content (AvgIpc) is 4.18. The molecule has 2 saturated heterocycles. The van der Waals surface area contributed by atoms with Crippen molar-refractivity contribution in [2.24, 2.45) is 35.5 Å². The summed E-state index contributed by atoms with van der Waals surface area (Å²) in [5, 5.41) is -8.54. The Balaban J connectivity index is 0.000000146. The van der Waals surface area contributed by atoms with E-state index in [1.165, 1.54) is 22.3 Å². The van der Waals surface area contributed by atoms with Crippen molar-refractivity contribution >= 4 is 20.2 Å². The minimum Gasteiger partial charge on any atom is -0.743 e. The number of ether oxygens (including phenoxy) is 4. The fourth-order valence-corrected chi connectivity index (χ4v) is 13.1. The van der Waals surface area contributed by atoms with E-state index in [4.69, 9.17) is 18.9 Å². The quantitative estimate of drug-likeness (QED) is 0.0977. The number of hydrogen-bond acceptors (Lipinski definition) is 10. The van der Waals surface area contributed by atoms with E-state index < -0.39 is 79.2 Å². The fourth-order valence-electron chi connectivity index (χ4n) is 12.3. The molecule has 4 bridgehead atoms. The first-order valence-electron chi connectivity index (χ1n) is 23.7. The maximum atomic E-state index is 14.0. The Morgan fingerprint density at radius 3 is 1.06 bits per heavy atom. The van der Waals surface area contributed by atoms with E-state index in [1.807, 2.05) is 121 Å². The van der Waals surface area contributed by atoms with Crippen molar-refractivity contribution in [2.45, 2.75) is 113 Å². The van der Waals surface area contributed by atoms with Crippen molar-refractivity contribution in [3.05, 3.63) is 178 Å². The van der Waals surface area contributed by atoms with Gasteiger partial charge in [0.25, 0.3) is 0 Å². The first-order valence-corrected chi connectivity index (χ1v) is 26.5. The molecular formula is C54H56F4O10S2-2. The Morgan fingerprint density at radius 1 is 0.486 bits per heavy atom. The lowest BCUT2D eigenvalue weighted by molar-refractivity contribution is -0.162. The second kappa shape index (κ2) is 18.8. The lowest BCUT2D eigenvalue weighted by Crippen LogP contribution is -2.39. The molecule has 6 aliphatic rings. The van der Waals surface area contributed by atoms with Crippen molar-refractivity contribution < 1.29 is 62.5 Å². The number of alkyl halides is 4. The minimum atomic E-state index is -5.69. The van der Waals surface area contributed by atoms with Crippen molar-refractivity contribution in [3.8, 4) is 0 Å². The molecule has 10 atom stereocenters. The number of rotatable bonds is 10. The molecule has 16 heteroatoms. The van der Waals surface area contributed by atoms with Crippen LogP contribution in [0.1, 0.15) is 83.0 Å². The molecule has 10 unspecified atom stereocenters. The third-order valence-corrected chi connectivity index (χ3v) is 17.4. The van der Waals surface area contributed by atoms with Gasteiger partial charge in [-0.2, -0.15) is 17.6 Å². The monoisotopic (exact) mass is 1000 g/mol. The molecular weight excluding hydrogens is 949 g/mol. The van der Waals surface area contributed by atoms with Crippen LogP contribution in [0, 0.1) is 63.2 Å². The van der Waals surface area contributed by atoms with Gasteiger partial charge in [0.1, 0.15) is 0 Å². The van der Waals surface area contributed by atoms with Crippen LogP contribution in [0.5, 0.6) is 0 Å². The highest BCUT2D eigenvalue weighted by Gasteiger charge is 2.66. The molecule has 4 saturated carbocycles. The Morgan fingerprint density at radius 2 is 0.771 bits per heavy atom. The van der Waals surface area contributed by atoms with Gasteiger partial charge in [0.15, 0.2) is 20.2 Å². The van der Waals surface area contributed by atoms with Gasteiger partial charge in [-0.3, -0.25) is 0 Å². The zero-order valence-electron chi connectivity index (χ0n) is 39.1. The van der Waals surface area contributed by atoms with Crippen LogP contribution >= 0.6 is 0 Å². The SMILES string of the molecule is Cc1cc(C)c(C)c(C)c1.O=S(=O)([O-])C(F)(F)CC1CC2CC1C1OC(c3ccccc3)(c3ccccc3)OC21.O=S(=O)([O-])C(F)(F)CC1CC2CC1C1OC(c3ccccc3)(c3ccccc3)OC21. The summed E-state index contributed by atoms with van der Waals surface area (Å²) in [6.45, 7) is 8.63. The van der Waals surface area contributed by atoms with Gasteiger partial charge in [-0.25, -0.2) is 16.8 Å². The van der Waals surface area contributed by atoms with E-state index in [0.29, 0.717) is 25.7 Å². The average molecular weight is 1010 g/mol. The highest BCUT2D eigenvalue weighted by Crippen LogP contribution is 2.62. The van der Waals surface area contributed by atoms with Gasteiger partial charge in [-0.15, -0.1) is 0 Å². The van der Waals surface area contributed by atoms with Crippen LogP contribution in [0.4, 0.5) is 17.6 Å². The van der Waals surface area contributed by atoms with E-state index >= 15 is 0 Å². The maximum Gasteiger partial charge on any atom is 0.334 e. The first kappa shape index (κ1) is 50.4. The van der Waals surface area contributed by atoms with Crippen molar-refractivity contribution in [1.29, 1.82) is 0 Å². The zero-order valence-corrected chi connectivity index (χ0v) is 40.8. The normalized spacial score (nSPS) is 29.1. The van der Waals surface area contributed by atoms with Gasteiger partial charge in [0.05, 0.1) is 24.4 Å². The van der Waals surface area contributed by atoms with Crippen LogP contribution in [0.25, 0.3) is 0 Å². The number of aryl methyl sites for hydroxylation is 3. The van der Waals surface area contributed by atoms with Gasteiger partial charge in [-0.05, 0) is 106 Å². The molecule has 0 radical (unpaired) electrons. The molecule has 70 heavy (non-hydrogen) atoms. The minimum absolute atomic E-state index is 0.00976. The number of benzene rings is 5. The third-order valence-electron chi connectivity index (χ3n) is 15.6. The number of hydrogen-bond donors (Lipinski definition) is 0. The Hall–Kier alpha value is -4.52. The van der Waals surface area contributed by atoms with Crippen LogP contribution in [0.2, 0.25) is 0 Å². The smallest absolute Gasteiger partial charge is 0.334 e. The highest BCUT2D eigenvalue weighted by molar-refractivity contribution is 7.87. The van der Waals surface area contributed by atoms with E-state index in [0.717, 1.165) is 22.3 Å². The molecule has 11 rings (SSSR count). The first-order chi connectivity index (χ1) is 33.0. The van der Waals surface area contributed by atoms with Crippen LogP contribution < -0.4 is 0 Å². The lowest BCUT2D eigenvalue weighted by Gasteiger charge is -2.32. The van der Waals surface area contributed by atoms with Gasteiger partial charge in [-0.1, -0.05) is 139 Å². The van der Waals surface area contributed by atoms with Crippen molar-refractivity contribution in [2.75, 3.05) is 0 Å². The van der Waals surface area contributed by atoms with Gasteiger partial charge in [0, 0.05) is 35.1 Å². The summed E-state index contributed by atoms with van der Waals surface area (Å²) in [5.74, 6) is -4.05. The molecule has 6 fully saturated rings. The Kier molecular flexibility index (Phi) is 13.6.